The lowest BCUT2D eigenvalue weighted by Crippen LogP contribution is -2.48. The van der Waals surface area contributed by atoms with Crippen LogP contribution in [-0.2, 0) is 16.0 Å². The molecule has 2 aliphatic rings. The number of nitrogens with one attached hydrogen (secondary N) is 2. The molecule has 4 amide bonds. The van der Waals surface area contributed by atoms with E-state index in [1.54, 1.807) is 10.9 Å². The highest BCUT2D eigenvalue weighted by molar-refractivity contribution is 6.07. The van der Waals surface area contributed by atoms with Gasteiger partial charge in [0.2, 0.25) is 5.91 Å². The first-order valence-electron chi connectivity index (χ1n) is 10.6. The maximum Gasteiger partial charge on any atom is 0.325 e. The molecule has 1 aliphatic carbocycles. The van der Waals surface area contributed by atoms with Gasteiger partial charge in [-0.15, -0.1) is 0 Å². The Balaban J connectivity index is 1.21. The van der Waals surface area contributed by atoms with Crippen molar-refractivity contribution >= 4 is 17.8 Å². The molecule has 1 aromatic carbocycles. The van der Waals surface area contributed by atoms with E-state index in [1.165, 1.54) is 4.90 Å². The molecule has 2 N–H and O–H groups in total. The van der Waals surface area contributed by atoms with E-state index in [1.807, 2.05) is 36.5 Å². The van der Waals surface area contributed by atoms with E-state index in [-0.39, 0.29) is 30.8 Å². The van der Waals surface area contributed by atoms with Crippen molar-refractivity contribution in [3.05, 3.63) is 48.3 Å². The van der Waals surface area contributed by atoms with Crippen LogP contribution in [0.25, 0.3) is 5.69 Å². The molecular weight excluding hydrogens is 382 g/mol. The van der Waals surface area contributed by atoms with Gasteiger partial charge in [0.25, 0.3) is 5.91 Å². The Morgan fingerprint density at radius 1 is 1.13 bits per heavy atom. The Morgan fingerprint density at radius 3 is 2.60 bits per heavy atom. The van der Waals surface area contributed by atoms with Crippen molar-refractivity contribution in [3.63, 3.8) is 0 Å². The van der Waals surface area contributed by atoms with Crippen molar-refractivity contribution in [2.24, 2.45) is 0 Å². The van der Waals surface area contributed by atoms with Gasteiger partial charge in [-0.3, -0.25) is 14.5 Å². The zero-order valence-electron chi connectivity index (χ0n) is 17.0. The Labute approximate surface area is 175 Å². The third-order valence-corrected chi connectivity index (χ3v) is 5.96. The Kier molecular flexibility index (Phi) is 5.83. The number of aromatic nitrogens is 2. The van der Waals surface area contributed by atoms with Gasteiger partial charge in [0.1, 0.15) is 5.54 Å². The molecule has 2 aromatic rings. The quantitative estimate of drug-likeness (QED) is 0.685. The summed E-state index contributed by atoms with van der Waals surface area (Å²) >= 11 is 0. The van der Waals surface area contributed by atoms with Gasteiger partial charge in [0.05, 0.1) is 5.69 Å². The second-order valence-electron chi connectivity index (χ2n) is 8.00. The van der Waals surface area contributed by atoms with Crippen LogP contribution >= 0.6 is 0 Å². The number of amides is 4. The third-order valence-electron chi connectivity index (χ3n) is 5.96. The first kappa shape index (κ1) is 20.1. The Morgan fingerprint density at radius 2 is 1.90 bits per heavy atom. The van der Waals surface area contributed by atoms with Gasteiger partial charge in [-0.2, -0.15) is 5.10 Å². The summed E-state index contributed by atoms with van der Waals surface area (Å²) in [5.41, 5.74) is 1.37. The van der Waals surface area contributed by atoms with Crippen LogP contribution in [0.1, 0.15) is 44.1 Å². The Hall–Kier alpha value is -3.16. The number of nitrogens with zero attached hydrogens (tertiary/aromatic N) is 3. The van der Waals surface area contributed by atoms with Crippen LogP contribution in [0.3, 0.4) is 0 Å². The van der Waals surface area contributed by atoms with Crippen molar-refractivity contribution < 1.29 is 14.4 Å². The van der Waals surface area contributed by atoms with Crippen LogP contribution < -0.4 is 10.6 Å². The minimum atomic E-state index is -0.728. The number of hydrogen-bond donors (Lipinski definition) is 2. The zero-order chi connectivity index (χ0) is 21.0. The standard InChI is InChI=1S/C22H27N5O3/c28-19(10-16-26-20(29)22(25-21(26)30)11-2-1-3-12-22)23-14-9-17-5-7-18(8-6-17)27-15-4-13-24-27/h4-8,13,15H,1-3,9-12,14,16H2,(H,23,28)(H,25,30). The normalized spacial score (nSPS) is 17.9. The maximum absolute atomic E-state index is 12.7. The van der Waals surface area contributed by atoms with Crippen LogP contribution in [-0.4, -0.2) is 51.2 Å². The Bertz CT molecular complexity index is 901. The molecule has 0 unspecified atom stereocenters. The van der Waals surface area contributed by atoms with Gasteiger partial charge in [-0.05, 0) is 43.0 Å². The molecule has 4 rings (SSSR count). The summed E-state index contributed by atoms with van der Waals surface area (Å²) in [6.45, 7) is 0.626. The predicted molar refractivity (Wildman–Crippen MR) is 111 cm³/mol. The first-order valence-corrected chi connectivity index (χ1v) is 10.6. The average Bonchev–Trinajstić information content (AvgIpc) is 3.36. The first-order chi connectivity index (χ1) is 14.6. The molecule has 8 nitrogen and oxygen atoms in total. The van der Waals surface area contributed by atoms with Crippen molar-refractivity contribution in [1.82, 2.24) is 25.3 Å². The van der Waals surface area contributed by atoms with Crippen molar-refractivity contribution in [3.8, 4) is 5.69 Å². The molecule has 1 aromatic heterocycles. The number of carbonyl (C=O) groups excluding carboxylic acids is 3. The number of urea groups is 1. The summed E-state index contributed by atoms with van der Waals surface area (Å²) in [5, 5.41) is 9.94. The highest BCUT2D eigenvalue weighted by atomic mass is 16.2. The van der Waals surface area contributed by atoms with E-state index in [2.05, 4.69) is 15.7 Å². The van der Waals surface area contributed by atoms with Gasteiger partial charge in [-0.1, -0.05) is 31.4 Å². The fourth-order valence-corrected chi connectivity index (χ4v) is 4.26. The fraction of sp³-hybridized carbons (Fsp3) is 0.455. The molecule has 1 spiro atoms. The molecule has 2 heterocycles. The van der Waals surface area contributed by atoms with Crippen LogP contribution in [0.15, 0.2) is 42.7 Å². The van der Waals surface area contributed by atoms with E-state index >= 15 is 0 Å². The highest BCUT2D eigenvalue weighted by Crippen LogP contribution is 2.33. The summed E-state index contributed by atoms with van der Waals surface area (Å²) < 4.78 is 1.79. The van der Waals surface area contributed by atoms with Gasteiger partial charge >= 0.3 is 6.03 Å². The van der Waals surface area contributed by atoms with Gasteiger partial charge in [0.15, 0.2) is 0 Å². The number of rotatable bonds is 7. The lowest BCUT2D eigenvalue weighted by Gasteiger charge is -2.30. The maximum atomic E-state index is 12.7. The van der Waals surface area contributed by atoms with Crippen molar-refractivity contribution in [2.75, 3.05) is 13.1 Å². The van der Waals surface area contributed by atoms with Crippen LogP contribution in [0.4, 0.5) is 4.79 Å². The number of carbonyl (C=O) groups is 3. The van der Waals surface area contributed by atoms with Crippen LogP contribution in [0.2, 0.25) is 0 Å². The molecule has 0 radical (unpaired) electrons. The minimum Gasteiger partial charge on any atom is -0.356 e. The summed E-state index contributed by atoms with van der Waals surface area (Å²) in [5.74, 6) is -0.328. The SMILES string of the molecule is O=C(CCN1C(=O)NC2(CCCCC2)C1=O)NCCc1ccc(-n2cccn2)cc1. The number of imide groups is 1. The van der Waals surface area contributed by atoms with Gasteiger partial charge < -0.3 is 10.6 Å². The smallest absolute Gasteiger partial charge is 0.325 e. The second-order valence-corrected chi connectivity index (χ2v) is 8.00. The van der Waals surface area contributed by atoms with E-state index in [4.69, 9.17) is 0 Å². The van der Waals surface area contributed by atoms with E-state index in [9.17, 15) is 14.4 Å². The van der Waals surface area contributed by atoms with Crippen molar-refractivity contribution in [1.29, 1.82) is 0 Å². The topological polar surface area (TPSA) is 96.3 Å². The third kappa shape index (κ3) is 4.22. The summed E-state index contributed by atoms with van der Waals surface area (Å²) in [6, 6.07) is 9.51. The van der Waals surface area contributed by atoms with E-state index < -0.39 is 5.54 Å². The average molecular weight is 409 g/mol. The summed E-state index contributed by atoms with van der Waals surface area (Å²) in [7, 11) is 0. The van der Waals surface area contributed by atoms with Gasteiger partial charge in [-0.25, -0.2) is 9.48 Å². The van der Waals surface area contributed by atoms with Gasteiger partial charge in [0, 0.05) is 31.9 Å². The fourth-order valence-electron chi connectivity index (χ4n) is 4.26. The molecule has 0 atom stereocenters. The predicted octanol–water partition coefficient (Wildman–Crippen LogP) is 2.18. The van der Waals surface area contributed by atoms with Crippen molar-refractivity contribution in [2.45, 2.75) is 50.5 Å². The van der Waals surface area contributed by atoms with E-state index in [0.29, 0.717) is 25.8 Å². The monoisotopic (exact) mass is 409 g/mol. The lowest BCUT2D eigenvalue weighted by molar-refractivity contribution is -0.132. The molecule has 1 aliphatic heterocycles. The lowest BCUT2D eigenvalue weighted by atomic mass is 9.82. The molecular formula is C22H27N5O3. The largest absolute Gasteiger partial charge is 0.356 e. The van der Waals surface area contributed by atoms with E-state index in [0.717, 1.165) is 30.5 Å². The second kappa shape index (κ2) is 8.69. The molecule has 1 saturated carbocycles. The van der Waals surface area contributed by atoms with Crippen LogP contribution in [0.5, 0.6) is 0 Å². The summed E-state index contributed by atoms with van der Waals surface area (Å²) in [6.07, 6.45) is 8.82. The minimum absolute atomic E-state index is 0.119. The molecule has 30 heavy (non-hydrogen) atoms. The molecule has 1 saturated heterocycles. The number of benzene rings is 1. The molecule has 158 valence electrons. The number of hydrogen-bond acceptors (Lipinski definition) is 4. The summed E-state index contributed by atoms with van der Waals surface area (Å²) in [4.78, 5) is 38.4. The zero-order valence-corrected chi connectivity index (χ0v) is 17.0. The van der Waals surface area contributed by atoms with Crippen LogP contribution in [0, 0.1) is 0 Å². The molecule has 0 bridgehead atoms. The molecule has 2 fully saturated rings. The highest BCUT2D eigenvalue weighted by Gasteiger charge is 2.50. The molecule has 8 heteroatoms.